The van der Waals surface area contributed by atoms with Crippen LogP contribution in [0.15, 0.2) is 18.2 Å². The van der Waals surface area contributed by atoms with E-state index in [0.29, 0.717) is 5.13 Å². The number of rotatable bonds is 2. The summed E-state index contributed by atoms with van der Waals surface area (Å²) in [5.74, 6) is 0. The first-order chi connectivity index (χ1) is 10.2. The van der Waals surface area contributed by atoms with Gasteiger partial charge in [-0.3, -0.25) is 5.32 Å². The number of carbonyl (C=O) groups is 1. The highest BCUT2D eigenvalue weighted by Crippen LogP contribution is 2.36. The van der Waals surface area contributed by atoms with Crippen molar-refractivity contribution in [1.29, 1.82) is 0 Å². The molecule has 1 aliphatic heterocycles. The molecular weight excluding hydrogens is 303 g/mol. The van der Waals surface area contributed by atoms with E-state index in [9.17, 15) is 4.79 Å². The second-order valence-corrected chi connectivity index (χ2v) is 7.30. The van der Waals surface area contributed by atoms with Gasteiger partial charge in [-0.25, -0.2) is 9.78 Å². The number of thiazole rings is 1. The van der Waals surface area contributed by atoms with E-state index in [0.717, 1.165) is 15.7 Å². The van der Waals surface area contributed by atoms with Gasteiger partial charge in [-0.15, -0.1) is 0 Å². The fraction of sp³-hybridized carbons (Fsp3) is 0.429. The first-order valence-corrected chi connectivity index (χ1v) is 7.76. The predicted octanol–water partition coefficient (Wildman–Crippen LogP) is 2.69. The summed E-state index contributed by atoms with van der Waals surface area (Å²) < 4.78 is 12.9. The second-order valence-electron chi connectivity index (χ2n) is 6.26. The number of fused-ring (bicyclic) bond motifs is 1. The lowest BCUT2D eigenvalue weighted by molar-refractivity contribution is 0.00578. The SMILES string of the molecule is CC1(C)OB(c2ccc3sc(NC(=O)O)nc3c2)OC1(C)C. The third kappa shape index (κ3) is 2.58. The van der Waals surface area contributed by atoms with Gasteiger partial charge < -0.3 is 14.4 Å². The summed E-state index contributed by atoms with van der Waals surface area (Å²) in [5.41, 5.74) is 0.800. The maximum absolute atomic E-state index is 10.7. The monoisotopic (exact) mass is 320 g/mol. The maximum atomic E-state index is 10.7. The zero-order valence-corrected chi connectivity index (χ0v) is 13.7. The quantitative estimate of drug-likeness (QED) is 0.832. The Morgan fingerprint density at radius 2 is 1.91 bits per heavy atom. The predicted molar refractivity (Wildman–Crippen MR) is 87.0 cm³/mol. The zero-order valence-electron chi connectivity index (χ0n) is 12.8. The van der Waals surface area contributed by atoms with Gasteiger partial charge in [0.25, 0.3) is 0 Å². The maximum Gasteiger partial charge on any atom is 0.494 e. The third-order valence-corrected chi connectivity index (χ3v) is 5.10. The highest BCUT2D eigenvalue weighted by molar-refractivity contribution is 7.22. The van der Waals surface area contributed by atoms with Gasteiger partial charge in [0.2, 0.25) is 0 Å². The number of hydrogen-bond acceptors (Lipinski definition) is 5. The molecule has 1 amide bonds. The number of benzene rings is 1. The lowest BCUT2D eigenvalue weighted by Crippen LogP contribution is -2.41. The van der Waals surface area contributed by atoms with E-state index in [1.54, 1.807) is 0 Å². The molecule has 0 aliphatic carbocycles. The molecular formula is C14H17BN2O4S. The van der Waals surface area contributed by atoms with Crippen LogP contribution in [-0.4, -0.2) is 34.5 Å². The molecule has 2 heterocycles. The molecule has 1 fully saturated rings. The van der Waals surface area contributed by atoms with Crippen LogP contribution in [0, 0.1) is 0 Å². The zero-order chi connectivity index (χ0) is 16.1. The van der Waals surface area contributed by atoms with Gasteiger partial charge in [0.15, 0.2) is 5.13 Å². The van der Waals surface area contributed by atoms with Crippen molar-refractivity contribution in [3.63, 3.8) is 0 Å². The van der Waals surface area contributed by atoms with E-state index in [-0.39, 0.29) is 0 Å². The van der Waals surface area contributed by atoms with Gasteiger partial charge in [0.1, 0.15) is 0 Å². The molecule has 0 atom stereocenters. The van der Waals surface area contributed by atoms with E-state index >= 15 is 0 Å². The van der Waals surface area contributed by atoms with Crippen LogP contribution in [-0.2, 0) is 9.31 Å². The van der Waals surface area contributed by atoms with Crippen LogP contribution >= 0.6 is 11.3 Å². The Hall–Kier alpha value is -1.64. The van der Waals surface area contributed by atoms with Crippen LogP contribution in [0.5, 0.6) is 0 Å². The van der Waals surface area contributed by atoms with Crippen LogP contribution in [0.4, 0.5) is 9.93 Å². The number of nitrogens with zero attached hydrogens (tertiary/aromatic N) is 1. The summed E-state index contributed by atoms with van der Waals surface area (Å²) in [4.78, 5) is 15.0. The summed E-state index contributed by atoms with van der Waals surface area (Å²) in [6.45, 7) is 8.01. The van der Waals surface area contributed by atoms with Gasteiger partial charge in [-0.1, -0.05) is 17.4 Å². The minimum Gasteiger partial charge on any atom is -0.465 e. The lowest BCUT2D eigenvalue weighted by Gasteiger charge is -2.32. The minimum atomic E-state index is -1.12. The van der Waals surface area contributed by atoms with Crippen LogP contribution in [0.25, 0.3) is 10.2 Å². The summed E-state index contributed by atoms with van der Waals surface area (Å²) in [7, 11) is -0.452. The molecule has 8 heteroatoms. The largest absolute Gasteiger partial charge is 0.494 e. The van der Waals surface area contributed by atoms with Crippen LogP contribution in [0.3, 0.4) is 0 Å². The molecule has 1 saturated heterocycles. The first-order valence-electron chi connectivity index (χ1n) is 6.94. The summed E-state index contributed by atoms with van der Waals surface area (Å²) in [6.07, 6.45) is -1.12. The number of anilines is 1. The normalized spacial score (nSPS) is 19.5. The number of aromatic nitrogens is 1. The van der Waals surface area contributed by atoms with E-state index in [1.165, 1.54) is 11.3 Å². The molecule has 1 aliphatic rings. The molecule has 116 valence electrons. The average molecular weight is 320 g/mol. The van der Waals surface area contributed by atoms with Gasteiger partial charge in [0.05, 0.1) is 21.4 Å². The molecule has 2 N–H and O–H groups in total. The Balaban J connectivity index is 1.91. The highest BCUT2D eigenvalue weighted by Gasteiger charge is 2.51. The Morgan fingerprint density at radius 3 is 2.50 bits per heavy atom. The van der Waals surface area contributed by atoms with Crippen molar-refractivity contribution >= 4 is 45.4 Å². The van der Waals surface area contributed by atoms with E-state index in [4.69, 9.17) is 14.4 Å². The van der Waals surface area contributed by atoms with Crippen molar-refractivity contribution in [2.45, 2.75) is 38.9 Å². The van der Waals surface area contributed by atoms with Crippen molar-refractivity contribution in [3.8, 4) is 0 Å². The molecule has 1 aromatic heterocycles. The van der Waals surface area contributed by atoms with Gasteiger partial charge in [0, 0.05) is 0 Å². The molecule has 0 radical (unpaired) electrons. The average Bonchev–Trinajstić information content (AvgIpc) is 2.85. The van der Waals surface area contributed by atoms with Crippen LogP contribution in [0.2, 0.25) is 0 Å². The fourth-order valence-electron chi connectivity index (χ4n) is 2.22. The minimum absolute atomic E-state index is 0.355. The van der Waals surface area contributed by atoms with Crippen molar-refractivity contribution in [2.75, 3.05) is 5.32 Å². The Labute approximate surface area is 132 Å². The molecule has 0 unspecified atom stereocenters. The summed E-state index contributed by atoms with van der Waals surface area (Å²) in [6, 6.07) is 5.70. The van der Waals surface area contributed by atoms with Gasteiger partial charge in [-0.2, -0.15) is 0 Å². The molecule has 2 aromatic rings. The van der Waals surface area contributed by atoms with E-state index in [2.05, 4.69) is 10.3 Å². The van der Waals surface area contributed by atoms with Crippen molar-refractivity contribution in [1.82, 2.24) is 4.98 Å². The third-order valence-electron chi connectivity index (χ3n) is 4.15. The van der Waals surface area contributed by atoms with Crippen molar-refractivity contribution in [3.05, 3.63) is 18.2 Å². The molecule has 1 aromatic carbocycles. The molecule has 0 bridgehead atoms. The Morgan fingerprint density at radius 1 is 1.27 bits per heavy atom. The topological polar surface area (TPSA) is 80.7 Å². The summed E-state index contributed by atoms with van der Waals surface area (Å²) >= 11 is 1.29. The van der Waals surface area contributed by atoms with Crippen LogP contribution < -0.4 is 10.8 Å². The number of nitrogens with one attached hydrogen (secondary N) is 1. The highest BCUT2D eigenvalue weighted by atomic mass is 32.1. The fourth-order valence-corrected chi connectivity index (χ4v) is 3.05. The summed E-state index contributed by atoms with van der Waals surface area (Å²) in [5, 5.41) is 11.4. The van der Waals surface area contributed by atoms with E-state index < -0.39 is 24.4 Å². The number of amides is 1. The standard InChI is InChI=1S/C14H17BN2O4S/c1-13(2)14(3,4)21-15(20-13)8-5-6-10-9(7-8)16-11(22-10)17-12(18)19/h5-7H,1-4H3,(H,16,17)(H,18,19). The van der Waals surface area contributed by atoms with Gasteiger partial charge in [-0.05, 0) is 45.3 Å². The van der Waals surface area contributed by atoms with Crippen LogP contribution in [0.1, 0.15) is 27.7 Å². The first kappa shape index (κ1) is 15.3. The van der Waals surface area contributed by atoms with E-state index in [1.807, 2.05) is 45.9 Å². The number of hydrogen-bond donors (Lipinski definition) is 2. The molecule has 22 heavy (non-hydrogen) atoms. The molecule has 0 spiro atoms. The second kappa shape index (κ2) is 4.94. The Bertz CT molecular complexity index is 728. The number of carboxylic acid groups (broad SMARTS) is 1. The molecule has 6 nitrogen and oxygen atoms in total. The van der Waals surface area contributed by atoms with Crippen molar-refractivity contribution in [2.24, 2.45) is 0 Å². The smallest absolute Gasteiger partial charge is 0.465 e. The molecule has 0 saturated carbocycles. The van der Waals surface area contributed by atoms with Crippen molar-refractivity contribution < 1.29 is 19.2 Å². The lowest BCUT2D eigenvalue weighted by atomic mass is 9.79. The van der Waals surface area contributed by atoms with Gasteiger partial charge >= 0.3 is 13.2 Å². The molecule has 3 rings (SSSR count). The Kier molecular flexibility index (Phi) is 3.43.